The Morgan fingerprint density at radius 2 is 1.94 bits per heavy atom. The summed E-state index contributed by atoms with van der Waals surface area (Å²) in [5.74, 6) is 0. The number of benzene rings is 1. The first-order valence-corrected chi connectivity index (χ1v) is 6.07. The Kier molecular flexibility index (Phi) is 3.76. The average Bonchev–Trinajstić information content (AvgIpc) is 2.33. The topological polar surface area (TPSA) is 42.2 Å². The van der Waals surface area contributed by atoms with E-state index in [1.54, 1.807) is 29.0 Å². The Balaban J connectivity index is 2.63. The lowest BCUT2D eigenvalue weighted by Crippen LogP contribution is -2.14. The normalized spacial score (nSPS) is 10.7. The van der Waals surface area contributed by atoms with Crippen molar-refractivity contribution in [3.05, 3.63) is 62.0 Å². The van der Waals surface area contributed by atoms with Crippen LogP contribution in [-0.4, -0.2) is 9.67 Å². The van der Waals surface area contributed by atoms with E-state index in [1.165, 1.54) is 6.07 Å². The third-order valence-corrected chi connectivity index (χ3v) is 3.41. The van der Waals surface area contributed by atoms with Crippen LogP contribution in [0.2, 0.25) is 10.0 Å². The van der Waals surface area contributed by atoms with E-state index in [2.05, 4.69) is 0 Å². The molecule has 0 radical (unpaired) electrons. The number of halogens is 2. The molecule has 94 valence electrons. The second-order valence-electron chi connectivity index (χ2n) is 3.93. The van der Waals surface area contributed by atoms with E-state index >= 15 is 0 Å². The van der Waals surface area contributed by atoms with Gasteiger partial charge in [-0.25, -0.2) is 0 Å². The van der Waals surface area contributed by atoms with E-state index in [0.29, 0.717) is 15.6 Å². The van der Waals surface area contributed by atoms with Gasteiger partial charge in [0.25, 0.3) is 0 Å². The predicted octanol–water partition coefficient (Wildman–Crippen LogP) is 2.95. The highest BCUT2D eigenvalue weighted by molar-refractivity contribution is 6.42. The summed E-state index contributed by atoms with van der Waals surface area (Å²) in [6, 6.07) is 6.68. The zero-order chi connectivity index (χ0) is 13.3. The van der Waals surface area contributed by atoms with Crippen LogP contribution in [0.1, 0.15) is 11.3 Å². The van der Waals surface area contributed by atoms with Gasteiger partial charge in [0, 0.05) is 29.2 Å². The minimum absolute atomic E-state index is 0.175. The van der Waals surface area contributed by atoms with Crippen LogP contribution < -0.4 is 5.43 Å². The molecular formula is C13H11Cl2NO2. The van der Waals surface area contributed by atoms with E-state index in [4.69, 9.17) is 28.3 Å². The Labute approximate surface area is 114 Å². The molecule has 0 fully saturated rings. The molecule has 0 spiro atoms. The molecule has 0 unspecified atom stereocenters. The fourth-order valence-electron chi connectivity index (χ4n) is 1.71. The van der Waals surface area contributed by atoms with Crippen molar-refractivity contribution in [2.24, 2.45) is 0 Å². The Bertz CT molecular complexity index is 650. The third kappa shape index (κ3) is 2.43. The number of hydrogen-bond acceptors (Lipinski definition) is 2. The molecule has 0 aliphatic heterocycles. The molecule has 1 N–H and O–H groups in total. The highest BCUT2D eigenvalue weighted by Gasteiger charge is 2.06. The first kappa shape index (κ1) is 13.1. The van der Waals surface area contributed by atoms with Gasteiger partial charge in [-0.05, 0) is 25.1 Å². The zero-order valence-corrected chi connectivity index (χ0v) is 11.2. The molecule has 0 saturated carbocycles. The molecule has 1 aromatic carbocycles. The Morgan fingerprint density at radius 1 is 1.22 bits per heavy atom. The Hall–Kier alpha value is -1.29. The zero-order valence-electron chi connectivity index (χ0n) is 9.65. The highest BCUT2D eigenvalue weighted by atomic mass is 35.5. The van der Waals surface area contributed by atoms with Gasteiger partial charge in [0.2, 0.25) is 0 Å². The van der Waals surface area contributed by atoms with Gasteiger partial charge in [0.15, 0.2) is 5.43 Å². The molecule has 0 aliphatic rings. The molecule has 1 aromatic heterocycles. The molecule has 1 heterocycles. The lowest BCUT2D eigenvalue weighted by atomic mass is 10.2. The van der Waals surface area contributed by atoms with Crippen LogP contribution in [0.3, 0.4) is 0 Å². The molecule has 0 bridgehead atoms. The van der Waals surface area contributed by atoms with Gasteiger partial charge in [-0.15, -0.1) is 0 Å². The average molecular weight is 284 g/mol. The molecule has 18 heavy (non-hydrogen) atoms. The summed E-state index contributed by atoms with van der Waals surface area (Å²) >= 11 is 11.8. The maximum atomic E-state index is 11.6. The third-order valence-electron chi connectivity index (χ3n) is 2.67. The monoisotopic (exact) mass is 283 g/mol. The minimum Gasteiger partial charge on any atom is -0.391 e. The highest BCUT2D eigenvalue weighted by Crippen LogP contribution is 2.24. The second-order valence-corrected chi connectivity index (χ2v) is 4.75. The van der Waals surface area contributed by atoms with Crippen molar-refractivity contribution >= 4 is 23.2 Å². The number of aryl methyl sites for hydroxylation is 1. The summed E-state index contributed by atoms with van der Waals surface area (Å²) in [6.45, 7) is 1.52. The summed E-state index contributed by atoms with van der Waals surface area (Å²) < 4.78 is 1.79. The number of hydrogen-bond donors (Lipinski definition) is 1. The van der Waals surface area contributed by atoms with Gasteiger partial charge in [-0.3, -0.25) is 4.79 Å². The smallest absolute Gasteiger partial charge is 0.187 e. The quantitative estimate of drug-likeness (QED) is 0.921. The van der Waals surface area contributed by atoms with Gasteiger partial charge in [0.05, 0.1) is 16.7 Å². The van der Waals surface area contributed by atoms with Gasteiger partial charge >= 0.3 is 0 Å². The van der Waals surface area contributed by atoms with Crippen LogP contribution >= 0.6 is 23.2 Å². The van der Waals surface area contributed by atoms with Crippen molar-refractivity contribution < 1.29 is 5.11 Å². The van der Waals surface area contributed by atoms with Gasteiger partial charge in [-0.1, -0.05) is 23.2 Å². The first-order chi connectivity index (χ1) is 8.52. The van der Waals surface area contributed by atoms with Crippen molar-refractivity contribution in [2.45, 2.75) is 13.5 Å². The van der Waals surface area contributed by atoms with E-state index in [1.807, 2.05) is 6.92 Å². The molecule has 0 atom stereocenters. The second kappa shape index (κ2) is 5.14. The molecule has 0 saturated heterocycles. The van der Waals surface area contributed by atoms with Crippen LogP contribution in [0.15, 0.2) is 35.3 Å². The summed E-state index contributed by atoms with van der Waals surface area (Å²) in [4.78, 5) is 11.6. The fraction of sp³-hybridized carbons (Fsp3) is 0.154. The maximum absolute atomic E-state index is 11.6. The van der Waals surface area contributed by atoms with Crippen LogP contribution in [-0.2, 0) is 6.61 Å². The standard InChI is InChI=1S/C13H11Cl2NO2/c1-8-4-13(18)9(7-17)6-16(8)10-2-3-11(14)12(15)5-10/h2-6,17H,7H2,1H3. The van der Waals surface area contributed by atoms with Crippen LogP contribution in [0.5, 0.6) is 0 Å². The van der Waals surface area contributed by atoms with Crippen LogP contribution in [0, 0.1) is 6.92 Å². The lowest BCUT2D eigenvalue weighted by Gasteiger charge is -2.12. The van der Waals surface area contributed by atoms with Gasteiger partial charge < -0.3 is 9.67 Å². The fourth-order valence-corrected chi connectivity index (χ4v) is 2.00. The van der Waals surface area contributed by atoms with Crippen molar-refractivity contribution in [1.29, 1.82) is 0 Å². The van der Waals surface area contributed by atoms with Gasteiger partial charge in [-0.2, -0.15) is 0 Å². The van der Waals surface area contributed by atoms with Crippen LogP contribution in [0.4, 0.5) is 0 Å². The molecule has 3 nitrogen and oxygen atoms in total. The Morgan fingerprint density at radius 3 is 2.56 bits per heavy atom. The number of aromatic nitrogens is 1. The number of nitrogens with zero attached hydrogens (tertiary/aromatic N) is 1. The summed E-state index contributed by atoms with van der Waals surface area (Å²) in [5.41, 5.74) is 1.71. The number of aliphatic hydroxyl groups excluding tert-OH is 1. The molecule has 0 aliphatic carbocycles. The first-order valence-electron chi connectivity index (χ1n) is 5.31. The van der Waals surface area contributed by atoms with Crippen molar-refractivity contribution in [2.75, 3.05) is 0 Å². The number of aliphatic hydroxyl groups is 1. The van der Waals surface area contributed by atoms with E-state index in [9.17, 15) is 4.79 Å². The van der Waals surface area contributed by atoms with E-state index in [-0.39, 0.29) is 12.0 Å². The van der Waals surface area contributed by atoms with Crippen LogP contribution in [0.25, 0.3) is 5.69 Å². The molecule has 0 amide bonds. The lowest BCUT2D eigenvalue weighted by molar-refractivity contribution is 0.280. The summed E-state index contributed by atoms with van der Waals surface area (Å²) in [7, 11) is 0. The molecular weight excluding hydrogens is 273 g/mol. The van der Waals surface area contributed by atoms with Crippen molar-refractivity contribution in [3.8, 4) is 5.69 Å². The number of pyridine rings is 1. The SMILES string of the molecule is Cc1cc(=O)c(CO)cn1-c1ccc(Cl)c(Cl)c1. The molecule has 5 heteroatoms. The molecule has 2 aromatic rings. The van der Waals surface area contributed by atoms with E-state index < -0.39 is 0 Å². The summed E-state index contributed by atoms with van der Waals surface area (Å²) in [6.07, 6.45) is 1.61. The number of rotatable bonds is 2. The van der Waals surface area contributed by atoms with E-state index in [0.717, 1.165) is 11.4 Å². The minimum atomic E-state index is -0.291. The van der Waals surface area contributed by atoms with Crippen molar-refractivity contribution in [3.63, 3.8) is 0 Å². The van der Waals surface area contributed by atoms with Gasteiger partial charge in [0.1, 0.15) is 0 Å². The van der Waals surface area contributed by atoms with Crippen molar-refractivity contribution in [1.82, 2.24) is 4.57 Å². The summed E-state index contributed by atoms with van der Waals surface area (Å²) in [5, 5.41) is 10.0. The predicted molar refractivity (Wildman–Crippen MR) is 72.7 cm³/mol. The molecule has 2 rings (SSSR count). The maximum Gasteiger partial charge on any atom is 0.187 e. The largest absolute Gasteiger partial charge is 0.391 e.